The van der Waals surface area contributed by atoms with E-state index >= 15 is 0 Å². The van der Waals surface area contributed by atoms with Gasteiger partial charge in [-0.05, 0) is 12.8 Å². The Morgan fingerprint density at radius 2 is 2.45 bits per heavy atom. The van der Waals surface area contributed by atoms with Crippen molar-refractivity contribution in [2.24, 2.45) is 0 Å². The molecule has 11 heavy (non-hydrogen) atoms. The summed E-state index contributed by atoms with van der Waals surface area (Å²) in [5.74, 6) is 0.140. The predicted octanol–water partition coefficient (Wildman–Crippen LogP) is 0.692. The summed E-state index contributed by atoms with van der Waals surface area (Å²) in [7, 11) is 0. The fourth-order valence-corrected chi connectivity index (χ4v) is 0.917. The van der Waals surface area contributed by atoms with Gasteiger partial charge < -0.3 is 10.1 Å². The monoisotopic (exact) mass is 157 g/mol. The summed E-state index contributed by atoms with van der Waals surface area (Å²) in [5.41, 5.74) is 0. The highest BCUT2D eigenvalue weighted by Crippen LogP contribution is 2.14. The lowest BCUT2D eigenvalue weighted by Crippen LogP contribution is -2.23. The van der Waals surface area contributed by atoms with Gasteiger partial charge in [0.2, 0.25) is 5.91 Å². The third-order valence-electron chi connectivity index (χ3n) is 1.75. The molecule has 0 radical (unpaired) electrons. The number of ether oxygens (including phenoxy) is 1. The molecule has 1 heterocycles. The van der Waals surface area contributed by atoms with Crippen LogP contribution in [0.2, 0.25) is 0 Å². The lowest BCUT2D eigenvalue weighted by molar-refractivity contribution is -0.120. The molecule has 1 unspecified atom stereocenters. The van der Waals surface area contributed by atoms with Crippen LogP contribution in [0.5, 0.6) is 0 Å². The van der Waals surface area contributed by atoms with E-state index in [1.54, 1.807) is 0 Å². The molecule has 1 aliphatic heterocycles. The third-order valence-corrected chi connectivity index (χ3v) is 1.75. The zero-order valence-corrected chi connectivity index (χ0v) is 6.93. The van der Waals surface area contributed by atoms with Crippen molar-refractivity contribution in [1.82, 2.24) is 5.32 Å². The third kappa shape index (κ3) is 3.98. The Morgan fingerprint density at radius 3 is 3.00 bits per heavy atom. The molecule has 0 aromatic rings. The van der Waals surface area contributed by atoms with Crippen molar-refractivity contribution in [2.45, 2.75) is 32.3 Å². The number of carbonyl (C=O) groups is 1. The first-order chi connectivity index (χ1) is 5.33. The molecule has 0 bridgehead atoms. The topological polar surface area (TPSA) is 41.6 Å². The number of nitrogens with one attached hydrogen (secondary N) is 1. The number of amides is 1. The van der Waals surface area contributed by atoms with Crippen LogP contribution < -0.4 is 5.32 Å². The van der Waals surface area contributed by atoms with E-state index in [-0.39, 0.29) is 5.91 Å². The molecule has 1 N–H and O–H groups in total. The molecule has 3 heteroatoms. The van der Waals surface area contributed by atoms with Crippen molar-refractivity contribution in [3.8, 4) is 0 Å². The first kappa shape index (κ1) is 8.53. The normalized spacial score (nSPS) is 21.4. The molecule has 0 aliphatic carbocycles. The Morgan fingerprint density at radius 1 is 1.73 bits per heavy atom. The van der Waals surface area contributed by atoms with Gasteiger partial charge in [0, 0.05) is 13.0 Å². The highest BCUT2D eigenvalue weighted by Gasteiger charge is 2.20. The zero-order chi connectivity index (χ0) is 8.10. The molecule has 1 saturated heterocycles. The van der Waals surface area contributed by atoms with Crippen LogP contribution in [0.3, 0.4) is 0 Å². The van der Waals surface area contributed by atoms with Crippen molar-refractivity contribution < 1.29 is 9.53 Å². The minimum absolute atomic E-state index is 0.140. The summed E-state index contributed by atoms with van der Waals surface area (Å²) in [6, 6.07) is 0. The average molecular weight is 157 g/mol. The Labute approximate surface area is 67.1 Å². The number of hydrogen-bond acceptors (Lipinski definition) is 2. The highest BCUT2D eigenvalue weighted by molar-refractivity contribution is 5.75. The van der Waals surface area contributed by atoms with E-state index in [0.717, 1.165) is 26.0 Å². The minimum atomic E-state index is 0.140. The van der Waals surface area contributed by atoms with Crippen LogP contribution in [0, 0.1) is 0 Å². The smallest absolute Gasteiger partial charge is 0.219 e. The maximum atomic E-state index is 10.7. The molecule has 1 atom stereocenters. The maximum Gasteiger partial charge on any atom is 0.219 e. The number of carbonyl (C=O) groups excluding carboxylic acids is 1. The van der Waals surface area contributed by atoms with Crippen LogP contribution in [-0.2, 0) is 9.53 Å². The van der Waals surface area contributed by atoms with Crippen molar-refractivity contribution >= 4 is 5.91 Å². The molecule has 1 aliphatic rings. The molecule has 0 saturated carbocycles. The number of hydrogen-bond donors (Lipinski definition) is 1. The molecule has 1 fully saturated rings. The van der Waals surface area contributed by atoms with Gasteiger partial charge in [-0.3, -0.25) is 4.79 Å². The van der Waals surface area contributed by atoms with Gasteiger partial charge in [0.1, 0.15) is 0 Å². The van der Waals surface area contributed by atoms with E-state index in [1.165, 1.54) is 0 Å². The van der Waals surface area contributed by atoms with E-state index in [4.69, 9.17) is 4.74 Å². The van der Waals surface area contributed by atoms with Crippen molar-refractivity contribution in [2.75, 3.05) is 13.2 Å². The van der Waals surface area contributed by atoms with Gasteiger partial charge in [0.15, 0.2) is 0 Å². The molecular weight excluding hydrogens is 142 g/mol. The number of rotatable bonds is 5. The van der Waals surface area contributed by atoms with Gasteiger partial charge >= 0.3 is 0 Å². The summed E-state index contributed by atoms with van der Waals surface area (Å²) >= 11 is 0. The molecular formula is C8H15NO2. The van der Waals surface area contributed by atoms with Crippen LogP contribution in [0.4, 0.5) is 0 Å². The lowest BCUT2D eigenvalue weighted by atomic mass is 10.2. The Balaban J connectivity index is 1.82. The Bertz CT molecular complexity index is 132. The van der Waals surface area contributed by atoms with E-state index in [0.29, 0.717) is 12.5 Å². The molecule has 0 spiro atoms. The standard InChI is InChI=1S/C8H15NO2/c1-2-8(10)9-5-3-4-7-6-11-7/h7H,2-6H2,1H3,(H,9,10). The second-order valence-corrected chi connectivity index (χ2v) is 2.80. The molecule has 3 nitrogen and oxygen atoms in total. The largest absolute Gasteiger partial charge is 0.373 e. The van der Waals surface area contributed by atoms with Gasteiger partial charge in [0.05, 0.1) is 12.7 Å². The van der Waals surface area contributed by atoms with Crippen molar-refractivity contribution in [1.29, 1.82) is 0 Å². The number of epoxide rings is 1. The second-order valence-electron chi connectivity index (χ2n) is 2.80. The lowest BCUT2D eigenvalue weighted by Gasteiger charge is -2.00. The molecule has 1 rings (SSSR count). The average Bonchev–Trinajstić information content (AvgIpc) is 2.81. The van der Waals surface area contributed by atoms with E-state index in [9.17, 15) is 4.79 Å². The SMILES string of the molecule is CCC(=O)NCCCC1CO1. The Hall–Kier alpha value is -0.570. The van der Waals surface area contributed by atoms with Gasteiger partial charge in [0.25, 0.3) is 0 Å². The van der Waals surface area contributed by atoms with Crippen LogP contribution in [0.1, 0.15) is 26.2 Å². The summed E-state index contributed by atoms with van der Waals surface area (Å²) in [5, 5.41) is 2.82. The van der Waals surface area contributed by atoms with Crippen LogP contribution in [0.25, 0.3) is 0 Å². The second kappa shape index (κ2) is 4.34. The first-order valence-electron chi connectivity index (χ1n) is 4.21. The summed E-state index contributed by atoms with van der Waals surface area (Å²) in [4.78, 5) is 10.7. The van der Waals surface area contributed by atoms with Gasteiger partial charge in [-0.15, -0.1) is 0 Å². The maximum absolute atomic E-state index is 10.7. The molecule has 0 aromatic heterocycles. The van der Waals surface area contributed by atoms with E-state index in [2.05, 4.69) is 5.32 Å². The van der Waals surface area contributed by atoms with Gasteiger partial charge in [-0.1, -0.05) is 6.92 Å². The van der Waals surface area contributed by atoms with Crippen LogP contribution >= 0.6 is 0 Å². The minimum Gasteiger partial charge on any atom is -0.373 e. The van der Waals surface area contributed by atoms with E-state index < -0.39 is 0 Å². The van der Waals surface area contributed by atoms with Crippen molar-refractivity contribution in [3.63, 3.8) is 0 Å². The molecule has 64 valence electrons. The first-order valence-corrected chi connectivity index (χ1v) is 4.21. The Kier molecular flexibility index (Phi) is 3.36. The van der Waals surface area contributed by atoms with Crippen molar-refractivity contribution in [3.05, 3.63) is 0 Å². The fraction of sp³-hybridized carbons (Fsp3) is 0.875. The van der Waals surface area contributed by atoms with Gasteiger partial charge in [-0.25, -0.2) is 0 Å². The summed E-state index contributed by atoms with van der Waals surface area (Å²) < 4.78 is 5.03. The zero-order valence-electron chi connectivity index (χ0n) is 6.93. The fourth-order valence-electron chi connectivity index (χ4n) is 0.917. The summed E-state index contributed by atoms with van der Waals surface area (Å²) in [6.07, 6.45) is 3.20. The van der Waals surface area contributed by atoms with Gasteiger partial charge in [-0.2, -0.15) is 0 Å². The van der Waals surface area contributed by atoms with E-state index in [1.807, 2.05) is 6.92 Å². The quantitative estimate of drug-likeness (QED) is 0.471. The molecule has 1 amide bonds. The predicted molar refractivity (Wildman–Crippen MR) is 42.3 cm³/mol. The molecule has 0 aromatic carbocycles. The summed E-state index contributed by atoms with van der Waals surface area (Å²) in [6.45, 7) is 3.58. The highest BCUT2D eigenvalue weighted by atomic mass is 16.6. The van der Waals surface area contributed by atoms with Crippen LogP contribution in [-0.4, -0.2) is 25.2 Å². The van der Waals surface area contributed by atoms with Crippen LogP contribution in [0.15, 0.2) is 0 Å².